The maximum Gasteiger partial charge on any atom is 0.0568 e. The molecule has 1 saturated heterocycles. The fourth-order valence-corrected chi connectivity index (χ4v) is 2.62. The van der Waals surface area contributed by atoms with Gasteiger partial charge in [0.1, 0.15) is 0 Å². The van der Waals surface area contributed by atoms with E-state index in [9.17, 15) is 0 Å². The molecule has 1 fully saturated rings. The molecule has 1 rings (SSSR count). The van der Waals surface area contributed by atoms with Crippen LogP contribution in [0.4, 0.5) is 0 Å². The van der Waals surface area contributed by atoms with Crippen molar-refractivity contribution in [3.8, 4) is 0 Å². The highest BCUT2D eigenvalue weighted by Crippen LogP contribution is 2.32. The number of likely N-dealkylation sites (N-methyl/N-ethyl adjacent to an activating group) is 1. The third kappa shape index (κ3) is 2.27. The van der Waals surface area contributed by atoms with Gasteiger partial charge in [-0.1, -0.05) is 6.92 Å². The summed E-state index contributed by atoms with van der Waals surface area (Å²) < 4.78 is 5.76. The largest absolute Gasteiger partial charge is 0.375 e. The highest BCUT2D eigenvalue weighted by Gasteiger charge is 2.39. The molecule has 14 heavy (non-hydrogen) atoms. The fraction of sp³-hybridized carbons (Fsp3) is 1.00. The lowest BCUT2D eigenvalue weighted by Crippen LogP contribution is -2.58. The standard InChI is InChI=1S/C11H24N2O/c1-5-13(4)11(8-12)6-9(2)14-10(3)7-11/h9-10H,5-8,12H2,1-4H3. The molecule has 0 radical (unpaired) electrons. The van der Waals surface area contributed by atoms with Gasteiger partial charge in [-0.2, -0.15) is 0 Å². The molecule has 1 heterocycles. The predicted octanol–water partition coefficient (Wildman–Crippen LogP) is 1.22. The van der Waals surface area contributed by atoms with E-state index < -0.39 is 0 Å². The normalized spacial score (nSPS) is 39.0. The Morgan fingerprint density at radius 2 is 1.86 bits per heavy atom. The Morgan fingerprint density at radius 3 is 2.21 bits per heavy atom. The van der Waals surface area contributed by atoms with Gasteiger partial charge in [0.25, 0.3) is 0 Å². The molecule has 3 heteroatoms. The first-order valence-corrected chi connectivity index (χ1v) is 5.61. The molecule has 0 aromatic heterocycles. The monoisotopic (exact) mass is 200 g/mol. The molecule has 0 saturated carbocycles. The number of hydrogen-bond donors (Lipinski definition) is 1. The van der Waals surface area contributed by atoms with Crippen LogP contribution in [0.3, 0.4) is 0 Å². The van der Waals surface area contributed by atoms with Crippen molar-refractivity contribution >= 4 is 0 Å². The third-order valence-corrected chi connectivity index (χ3v) is 3.46. The van der Waals surface area contributed by atoms with Gasteiger partial charge < -0.3 is 10.5 Å². The Morgan fingerprint density at radius 1 is 1.36 bits per heavy atom. The molecule has 2 N–H and O–H groups in total. The van der Waals surface area contributed by atoms with E-state index in [1.807, 2.05) is 0 Å². The molecule has 0 spiro atoms. The first-order valence-electron chi connectivity index (χ1n) is 5.61. The first kappa shape index (κ1) is 12.0. The minimum absolute atomic E-state index is 0.159. The number of hydrogen-bond acceptors (Lipinski definition) is 3. The molecule has 0 aromatic carbocycles. The Kier molecular flexibility index (Phi) is 3.93. The summed E-state index contributed by atoms with van der Waals surface area (Å²) in [4.78, 5) is 2.38. The van der Waals surface area contributed by atoms with Crippen LogP contribution in [0.5, 0.6) is 0 Å². The van der Waals surface area contributed by atoms with Crippen LogP contribution in [0.25, 0.3) is 0 Å². The molecular formula is C11H24N2O. The fourth-order valence-electron chi connectivity index (χ4n) is 2.62. The van der Waals surface area contributed by atoms with Crippen molar-refractivity contribution in [2.75, 3.05) is 20.1 Å². The molecule has 84 valence electrons. The van der Waals surface area contributed by atoms with E-state index in [1.54, 1.807) is 0 Å². The summed E-state index contributed by atoms with van der Waals surface area (Å²) >= 11 is 0. The lowest BCUT2D eigenvalue weighted by Gasteiger charge is -2.47. The zero-order valence-electron chi connectivity index (χ0n) is 9.92. The number of ether oxygens (including phenoxy) is 1. The van der Waals surface area contributed by atoms with E-state index in [0.717, 1.165) is 25.9 Å². The average Bonchev–Trinajstić information content (AvgIpc) is 2.14. The van der Waals surface area contributed by atoms with Gasteiger partial charge in [-0.25, -0.2) is 0 Å². The first-order chi connectivity index (χ1) is 6.54. The van der Waals surface area contributed by atoms with Crippen molar-refractivity contribution in [3.63, 3.8) is 0 Å². The van der Waals surface area contributed by atoms with Gasteiger partial charge in [-0.3, -0.25) is 4.90 Å². The molecule has 1 aliphatic rings. The van der Waals surface area contributed by atoms with Crippen LogP contribution in [0.2, 0.25) is 0 Å². The second-order valence-corrected chi connectivity index (χ2v) is 4.61. The van der Waals surface area contributed by atoms with Crippen LogP contribution < -0.4 is 5.73 Å². The lowest BCUT2D eigenvalue weighted by atomic mass is 9.83. The Bertz CT molecular complexity index is 174. The number of nitrogens with zero attached hydrogens (tertiary/aromatic N) is 1. The predicted molar refractivity (Wildman–Crippen MR) is 59.3 cm³/mol. The van der Waals surface area contributed by atoms with Crippen LogP contribution >= 0.6 is 0 Å². The van der Waals surface area contributed by atoms with Crippen LogP contribution in [-0.4, -0.2) is 42.8 Å². The van der Waals surface area contributed by atoms with E-state index in [1.165, 1.54) is 0 Å². The van der Waals surface area contributed by atoms with Gasteiger partial charge in [-0.05, 0) is 40.3 Å². The molecule has 0 aliphatic carbocycles. The summed E-state index contributed by atoms with van der Waals surface area (Å²) in [5, 5.41) is 0. The smallest absolute Gasteiger partial charge is 0.0568 e. The van der Waals surface area contributed by atoms with Crippen molar-refractivity contribution in [2.45, 2.75) is 51.4 Å². The Balaban J connectivity index is 2.76. The number of nitrogens with two attached hydrogens (primary N) is 1. The molecule has 3 nitrogen and oxygen atoms in total. The quantitative estimate of drug-likeness (QED) is 0.744. The molecule has 0 aromatic rings. The highest BCUT2D eigenvalue weighted by atomic mass is 16.5. The van der Waals surface area contributed by atoms with Crippen molar-refractivity contribution in [3.05, 3.63) is 0 Å². The Hall–Kier alpha value is -0.120. The van der Waals surface area contributed by atoms with E-state index in [2.05, 4.69) is 32.7 Å². The van der Waals surface area contributed by atoms with Crippen molar-refractivity contribution < 1.29 is 4.74 Å². The summed E-state index contributed by atoms with van der Waals surface area (Å²) in [5.74, 6) is 0. The van der Waals surface area contributed by atoms with Crippen molar-refractivity contribution in [2.24, 2.45) is 5.73 Å². The van der Waals surface area contributed by atoms with Crippen molar-refractivity contribution in [1.29, 1.82) is 0 Å². The van der Waals surface area contributed by atoms with Crippen LogP contribution in [-0.2, 0) is 4.74 Å². The van der Waals surface area contributed by atoms with Crippen LogP contribution in [0.15, 0.2) is 0 Å². The molecule has 0 amide bonds. The molecular weight excluding hydrogens is 176 g/mol. The lowest BCUT2D eigenvalue weighted by molar-refractivity contribution is -0.0964. The van der Waals surface area contributed by atoms with E-state index in [0.29, 0.717) is 12.2 Å². The average molecular weight is 200 g/mol. The Labute approximate surface area is 87.6 Å². The SMILES string of the molecule is CCN(C)C1(CN)CC(C)OC(C)C1. The third-order valence-electron chi connectivity index (χ3n) is 3.46. The highest BCUT2D eigenvalue weighted by molar-refractivity contribution is 4.96. The van der Waals surface area contributed by atoms with Gasteiger partial charge in [0.05, 0.1) is 12.2 Å². The second kappa shape index (κ2) is 4.60. The number of rotatable bonds is 3. The van der Waals surface area contributed by atoms with Gasteiger partial charge >= 0.3 is 0 Å². The topological polar surface area (TPSA) is 38.5 Å². The maximum absolute atomic E-state index is 5.94. The minimum Gasteiger partial charge on any atom is -0.375 e. The zero-order valence-corrected chi connectivity index (χ0v) is 9.92. The molecule has 0 bridgehead atoms. The summed E-state index contributed by atoms with van der Waals surface area (Å²) in [6.07, 6.45) is 2.77. The maximum atomic E-state index is 5.94. The van der Waals surface area contributed by atoms with Gasteiger partial charge in [0.2, 0.25) is 0 Å². The van der Waals surface area contributed by atoms with Gasteiger partial charge in [0, 0.05) is 12.1 Å². The minimum atomic E-state index is 0.159. The summed E-state index contributed by atoms with van der Waals surface area (Å²) in [7, 11) is 2.16. The second-order valence-electron chi connectivity index (χ2n) is 4.61. The van der Waals surface area contributed by atoms with Crippen LogP contribution in [0.1, 0.15) is 33.6 Å². The zero-order chi connectivity index (χ0) is 10.8. The summed E-state index contributed by atoms with van der Waals surface area (Å²) in [6, 6.07) is 0. The van der Waals surface area contributed by atoms with Gasteiger partial charge in [0.15, 0.2) is 0 Å². The van der Waals surface area contributed by atoms with E-state index in [4.69, 9.17) is 10.5 Å². The van der Waals surface area contributed by atoms with E-state index >= 15 is 0 Å². The summed E-state index contributed by atoms with van der Waals surface area (Å²) in [5.41, 5.74) is 6.10. The molecule has 1 aliphatic heterocycles. The van der Waals surface area contributed by atoms with E-state index in [-0.39, 0.29) is 5.54 Å². The summed E-state index contributed by atoms with van der Waals surface area (Å²) in [6.45, 7) is 8.25. The van der Waals surface area contributed by atoms with Crippen LogP contribution in [0, 0.1) is 0 Å². The van der Waals surface area contributed by atoms with Gasteiger partial charge in [-0.15, -0.1) is 0 Å². The molecule has 2 unspecified atom stereocenters. The van der Waals surface area contributed by atoms with Crippen molar-refractivity contribution in [1.82, 2.24) is 4.90 Å². The molecule has 2 atom stereocenters.